The largest absolute Gasteiger partial charge is 0.496 e. The van der Waals surface area contributed by atoms with Crippen LogP contribution in [0.25, 0.3) is 0 Å². The molecule has 0 radical (unpaired) electrons. The minimum absolute atomic E-state index is 0.159. The number of carbonyl (C=O) groups is 1. The lowest BCUT2D eigenvalue weighted by molar-refractivity contribution is 0.0883. The molecule has 1 aliphatic carbocycles. The Hall–Kier alpha value is -1.16. The van der Waals surface area contributed by atoms with Crippen molar-refractivity contribution in [2.45, 2.75) is 35.8 Å². The molecule has 0 amide bonds. The van der Waals surface area contributed by atoms with Crippen molar-refractivity contribution in [2.24, 2.45) is 5.92 Å². The van der Waals surface area contributed by atoms with Crippen molar-refractivity contribution in [3.05, 3.63) is 17.7 Å². The third kappa shape index (κ3) is 2.02. The van der Waals surface area contributed by atoms with Crippen LogP contribution in [0.4, 0.5) is 0 Å². The number of ketones is 1. The smallest absolute Gasteiger partial charge is 0.172 e. The van der Waals surface area contributed by atoms with Gasteiger partial charge in [0.05, 0.1) is 24.7 Å². The minimum atomic E-state index is 0.159. The number of benzene rings is 1. The SMILES string of the molecule is COc1ccc(OC)c2c1SC1CCCCC1C2=O. The van der Waals surface area contributed by atoms with Crippen molar-refractivity contribution in [2.75, 3.05) is 14.2 Å². The fourth-order valence-corrected chi connectivity index (χ4v) is 4.70. The monoisotopic (exact) mass is 278 g/mol. The van der Waals surface area contributed by atoms with Crippen LogP contribution >= 0.6 is 11.8 Å². The number of methoxy groups -OCH3 is 2. The van der Waals surface area contributed by atoms with Crippen LogP contribution < -0.4 is 9.47 Å². The molecule has 1 aliphatic heterocycles. The zero-order chi connectivity index (χ0) is 13.4. The van der Waals surface area contributed by atoms with Crippen molar-refractivity contribution in [1.82, 2.24) is 0 Å². The maximum atomic E-state index is 12.7. The molecule has 2 aliphatic rings. The summed E-state index contributed by atoms with van der Waals surface area (Å²) in [7, 11) is 3.27. The second-order valence-corrected chi connectivity index (χ2v) is 6.34. The van der Waals surface area contributed by atoms with Crippen LogP contribution in [0.5, 0.6) is 11.5 Å². The van der Waals surface area contributed by atoms with Crippen LogP contribution in [0.1, 0.15) is 36.0 Å². The van der Waals surface area contributed by atoms with E-state index in [-0.39, 0.29) is 11.7 Å². The summed E-state index contributed by atoms with van der Waals surface area (Å²) in [5.74, 6) is 1.87. The van der Waals surface area contributed by atoms with Gasteiger partial charge in [-0.2, -0.15) is 0 Å². The zero-order valence-electron chi connectivity index (χ0n) is 11.3. The number of fused-ring (bicyclic) bond motifs is 2. The molecule has 2 unspecified atom stereocenters. The predicted octanol–water partition coefficient (Wildman–Crippen LogP) is 3.55. The Balaban J connectivity index is 2.12. The van der Waals surface area contributed by atoms with Gasteiger partial charge in [0, 0.05) is 11.2 Å². The van der Waals surface area contributed by atoms with Gasteiger partial charge < -0.3 is 9.47 Å². The lowest BCUT2D eigenvalue weighted by Crippen LogP contribution is -2.33. The molecule has 19 heavy (non-hydrogen) atoms. The fraction of sp³-hybridized carbons (Fsp3) is 0.533. The first-order valence-electron chi connectivity index (χ1n) is 6.72. The van der Waals surface area contributed by atoms with E-state index in [2.05, 4.69) is 0 Å². The Kier molecular flexibility index (Phi) is 3.44. The highest BCUT2D eigenvalue weighted by Gasteiger charge is 2.40. The first-order valence-corrected chi connectivity index (χ1v) is 7.60. The summed E-state index contributed by atoms with van der Waals surface area (Å²) in [6.45, 7) is 0. The van der Waals surface area contributed by atoms with E-state index >= 15 is 0 Å². The Morgan fingerprint density at radius 2 is 1.79 bits per heavy atom. The molecule has 0 bridgehead atoms. The summed E-state index contributed by atoms with van der Waals surface area (Å²) in [5, 5.41) is 0.412. The number of carbonyl (C=O) groups excluding carboxylic acids is 1. The molecule has 0 N–H and O–H groups in total. The van der Waals surface area contributed by atoms with E-state index in [9.17, 15) is 4.79 Å². The van der Waals surface area contributed by atoms with E-state index < -0.39 is 0 Å². The summed E-state index contributed by atoms with van der Waals surface area (Å²) >= 11 is 1.80. The van der Waals surface area contributed by atoms with Crippen LogP contribution in [0, 0.1) is 5.92 Å². The van der Waals surface area contributed by atoms with Gasteiger partial charge >= 0.3 is 0 Å². The van der Waals surface area contributed by atoms with Crippen LogP contribution in [-0.4, -0.2) is 25.3 Å². The average Bonchev–Trinajstić information content (AvgIpc) is 2.46. The van der Waals surface area contributed by atoms with E-state index in [1.807, 2.05) is 12.1 Å². The van der Waals surface area contributed by atoms with Gasteiger partial charge in [-0.25, -0.2) is 0 Å². The Labute approximate surface area is 117 Å². The number of ether oxygens (including phenoxy) is 2. The summed E-state index contributed by atoms with van der Waals surface area (Å²) in [5.41, 5.74) is 0.731. The van der Waals surface area contributed by atoms with E-state index in [0.717, 1.165) is 35.5 Å². The van der Waals surface area contributed by atoms with Crippen molar-refractivity contribution in [3.8, 4) is 11.5 Å². The van der Waals surface area contributed by atoms with E-state index in [1.54, 1.807) is 26.0 Å². The number of hydrogen-bond donors (Lipinski definition) is 0. The van der Waals surface area contributed by atoms with E-state index in [1.165, 1.54) is 6.42 Å². The van der Waals surface area contributed by atoms with E-state index in [0.29, 0.717) is 11.0 Å². The van der Waals surface area contributed by atoms with Gasteiger partial charge in [0.25, 0.3) is 0 Å². The third-order valence-electron chi connectivity index (χ3n) is 4.08. The normalized spacial score (nSPS) is 25.5. The zero-order valence-corrected chi connectivity index (χ0v) is 12.1. The minimum Gasteiger partial charge on any atom is -0.496 e. The maximum absolute atomic E-state index is 12.7. The highest BCUT2D eigenvalue weighted by molar-refractivity contribution is 8.00. The number of Topliss-reactive ketones (excluding diaryl/α,β-unsaturated/α-hetero) is 1. The summed E-state index contributed by atoms with van der Waals surface area (Å²) < 4.78 is 10.8. The van der Waals surface area contributed by atoms with Crippen molar-refractivity contribution < 1.29 is 14.3 Å². The average molecular weight is 278 g/mol. The highest BCUT2D eigenvalue weighted by Crippen LogP contribution is 2.50. The molecule has 1 heterocycles. The first kappa shape index (κ1) is 12.9. The lowest BCUT2D eigenvalue weighted by atomic mass is 9.82. The van der Waals surface area contributed by atoms with Crippen LogP contribution in [0.3, 0.4) is 0 Å². The Bertz CT molecular complexity index is 512. The molecule has 102 valence electrons. The van der Waals surface area contributed by atoms with Crippen molar-refractivity contribution >= 4 is 17.5 Å². The molecule has 2 atom stereocenters. The molecule has 0 saturated heterocycles. The fourth-order valence-electron chi connectivity index (χ4n) is 3.10. The third-order valence-corrected chi connectivity index (χ3v) is 5.59. The second-order valence-electron chi connectivity index (χ2n) is 5.09. The van der Waals surface area contributed by atoms with Crippen molar-refractivity contribution in [3.63, 3.8) is 0 Å². The van der Waals surface area contributed by atoms with Gasteiger partial charge in [-0.1, -0.05) is 12.8 Å². The number of rotatable bonds is 2. The topological polar surface area (TPSA) is 35.5 Å². The summed E-state index contributed by atoms with van der Waals surface area (Å²) in [6.07, 6.45) is 4.52. The molecule has 4 heteroatoms. The van der Waals surface area contributed by atoms with Crippen LogP contribution in [0.15, 0.2) is 17.0 Å². The molecule has 1 fully saturated rings. The maximum Gasteiger partial charge on any atom is 0.172 e. The van der Waals surface area contributed by atoms with Gasteiger partial charge in [0.1, 0.15) is 11.5 Å². The second kappa shape index (κ2) is 5.08. The summed E-state index contributed by atoms with van der Waals surface area (Å²) in [6, 6.07) is 3.72. The number of hydrogen-bond acceptors (Lipinski definition) is 4. The van der Waals surface area contributed by atoms with Gasteiger partial charge in [-0.3, -0.25) is 4.79 Å². The number of thioether (sulfide) groups is 1. The predicted molar refractivity (Wildman–Crippen MR) is 75.5 cm³/mol. The lowest BCUT2D eigenvalue weighted by Gasteiger charge is -2.35. The van der Waals surface area contributed by atoms with Gasteiger partial charge in [-0.05, 0) is 25.0 Å². The van der Waals surface area contributed by atoms with Gasteiger partial charge in [-0.15, -0.1) is 11.8 Å². The Morgan fingerprint density at radius 1 is 1.11 bits per heavy atom. The molecule has 0 aromatic heterocycles. The summed E-state index contributed by atoms with van der Waals surface area (Å²) in [4.78, 5) is 13.7. The standard InChI is InChI=1S/C15H18O3S/c1-17-10-7-8-11(18-2)15-13(10)14(16)9-5-3-4-6-12(9)19-15/h7-9,12H,3-6H2,1-2H3. The quantitative estimate of drug-likeness (QED) is 0.828. The van der Waals surface area contributed by atoms with Gasteiger partial charge in [0.15, 0.2) is 5.78 Å². The molecule has 3 rings (SSSR count). The first-order chi connectivity index (χ1) is 9.26. The van der Waals surface area contributed by atoms with E-state index in [4.69, 9.17) is 9.47 Å². The molecule has 3 nitrogen and oxygen atoms in total. The highest BCUT2D eigenvalue weighted by atomic mass is 32.2. The molecule has 1 aromatic carbocycles. The molecular formula is C15H18O3S. The van der Waals surface area contributed by atoms with Gasteiger partial charge in [0.2, 0.25) is 0 Å². The Morgan fingerprint density at radius 3 is 2.53 bits per heavy atom. The molecule has 1 saturated carbocycles. The van der Waals surface area contributed by atoms with Crippen LogP contribution in [0.2, 0.25) is 0 Å². The molecule has 1 aromatic rings. The molecule has 0 spiro atoms. The molecular weight excluding hydrogens is 260 g/mol. The van der Waals surface area contributed by atoms with Crippen LogP contribution in [-0.2, 0) is 0 Å². The van der Waals surface area contributed by atoms with Crippen molar-refractivity contribution in [1.29, 1.82) is 0 Å².